The number of nitrogens with zero attached hydrogens (tertiary/aromatic N) is 1. The Bertz CT molecular complexity index is 1130. The van der Waals surface area contributed by atoms with Crippen molar-refractivity contribution in [1.82, 2.24) is 9.88 Å². The topological polar surface area (TPSA) is 144 Å². The minimum atomic E-state index is -4.57. The van der Waals surface area contributed by atoms with E-state index in [2.05, 4.69) is 23.7 Å². The van der Waals surface area contributed by atoms with Gasteiger partial charge in [-0.25, -0.2) is 4.57 Å². The Morgan fingerprint density at radius 3 is 2.56 bits per heavy atom. The number of aryl methyl sites for hydroxylation is 1. The highest BCUT2D eigenvalue weighted by Crippen LogP contribution is 2.38. The van der Waals surface area contributed by atoms with E-state index in [4.69, 9.17) is 27.1 Å². The maximum Gasteiger partial charge on any atom is 0.469 e. The predicted molar refractivity (Wildman–Crippen MR) is 141 cm³/mol. The Morgan fingerprint density at radius 2 is 1.97 bits per heavy atom. The Morgan fingerprint density at radius 1 is 1.28 bits per heavy atom. The Labute approximate surface area is 217 Å². The molecule has 1 aromatic heterocycles. The number of phosphoric ester groups is 1. The van der Waals surface area contributed by atoms with Crippen LogP contribution in [0.15, 0.2) is 18.2 Å². The van der Waals surface area contributed by atoms with Gasteiger partial charge in [0.05, 0.1) is 12.2 Å². The van der Waals surface area contributed by atoms with Crippen molar-refractivity contribution in [3.05, 3.63) is 45.7 Å². The summed E-state index contributed by atoms with van der Waals surface area (Å²) in [6.45, 7) is 8.43. The van der Waals surface area contributed by atoms with Gasteiger partial charge in [-0.1, -0.05) is 50.4 Å². The number of benzene rings is 1. The van der Waals surface area contributed by atoms with Crippen LogP contribution in [-0.4, -0.2) is 39.3 Å². The minimum absolute atomic E-state index is 0.0251. The van der Waals surface area contributed by atoms with Crippen molar-refractivity contribution in [3.8, 4) is 11.1 Å². The standard InChI is InChI=1S/C25H37ClN3O6P/c1-5-7-16(2)14-21-24(19-9-8-17(3)20(26)15-19)23(25(31)28-11-10-22(27)30)18(4)29(21)12-6-13-35-36(32,33)34/h8-9,15-16H,5-7,10-14H2,1-4H3,(H2,27,30)(H,28,31)(H2,32,33,34). The van der Waals surface area contributed by atoms with Crippen molar-refractivity contribution in [1.29, 1.82) is 0 Å². The molecule has 0 aliphatic rings. The number of hydrogen-bond acceptors (Lipinski definition) is 4. The van der Waals surface area contributed by atoms with Gasteiger partial charge >= 0.3 is 7.82 Å². The molecule has 2 amide bonds. The van der Waals surface area contributed by atoms with E-state index >= 15 is 0 Å². The van der Waals surface area contributed by atoms with Gasteiger partial charge in [-0.05, 0) is 49.8 Å². The highest BCUT2D eigenvalue weighted by atomic mass is 35.5. The molecule has 200 valence electrons. The van der Waals surface area contributed by atoms with Crippen LogP contribution < -0.4 is 11.1 Å². The third-order valence-corrected chi connectivity index (χ3v) is 7.01. The number of amides is 2. The maximum atomic E-state index is 13.4. The van der Waals surface area contributed by atoms with Crippen LogP contribution in [0.1, 0.15) is 66.8 Å². The van der Waals surface area contributed by atoms with Crippen LogP contribution in [0, 0.1) is 19.8 Å². The average molecular weight is 542 g/mol. The summed E-state index contributed by atoms with van der Waals surface area (Å²) in [4.78, 5) is 42.6. The summed E-state index contributed by atoms with van der Waals surface area (Å²) in [5, 5.41) is 3.38. The van der Waals surface area contributed by atoms with E-state index in [0.29, 0.717) is 41.6 Å². The smallest absolute Gasteiger partial charge is 0.370 e. The van der Waals surface area contributed by atoms with E-state index in [0.717, 1.165) is 35.2 Å². The molecule has 2 rings (SSSR count). The van der Waals surface area contributed by atoms with Crippen molar-refractivity contribution in [2.75, 3.05) is 13.2 Å². The number of nitrogens with one attached hydrogen (secondary N) is 1. The molecule has 11 heteroatoms. The van der Waals surface area contributed by atoms with Crippen LogP contribution in [0.4, 0.5) is 0 Å². The zero-order valence-electron chi connectivity index (χ0n) is 21.3. The number of carbonyl (C=O) groups is 2. The number of carbonyl (C=O) groups excluding carboxylic acids is 2. The van der Waals surface area contributed by atoms with Gasteiger partial charge in [0.1, 0.15) is 0 Å². The lowest BCUT2D eigenvalue weighted by Crippen LogP contribution is -2.28. The van der Waals surface area contributed by atoms with Crippen molar-refractivity contribution >= 4 is 31.2 Å². The normalized spacial score (nSPS) is 12.5. The van der Waals surface area contributed by atoms with Crippen LogP contribution in [0.3, 0.4) is 0 Å². The number of halogens is 1. The van der Waals surface area contributed by atoms with Crippen molar-refractivity contribution in [2.24, 2.45) is 11.7 Å². The highest BCUT2D eigenvalue weighted by molar-refractivity contribution is 7.46. The monoisotopic (exact) mass is 541 g/mol. The third-order valence-electron chi connectivity index (χ3n) is 6.08. The number of aromatic nitrogens is 1. The lowest BCUT2D eigenvalue weighted by molar-refractivity contribution is -0.117. The van der Waals surface area contributed by atoms with Crippen LogP contribution in [-0.2, 0) is 26.8 Å². The van der Waals surface area contributed by atoms with Crippen molar-refractivity contribution in [2.45, 2.75) is 66.3 Å². The summed E-state index contributed by atoms with van der Waals surface area (Å²) >= 11 is 6.46. The number of phosphoric acid groups is 1. The molecule has 9 nitrogen and oxygen atoms in total. The quantitative estimate of drug-likeness (QED) is 0.205. The fourth-order valence-electron chi connectivity index (χ4n) is 4.37. The molecule has 1 heterocycles. The largest absolute Gasteiger partial charge is 0.469 e. The van der Waals surface area contributed by atoms with Gasteiger partial charge in [-0.3, -0.25) is 14.1 Å². The van der Waals surface area contributed by atoms with Gasteiger partial charge in [0, 0.05) is 41.5 Å². The van der Waals surface area contributed by atoms with Crippen LogP contribution >= 0.6 is 19.4 Å². The second-order valence-corrected chi connectivity index (χ2v) is 10.8. The summed E-state index contributed by atoms with van der Waals surface area (Å²) in [5.41, 5.74) is 9.87. The minimum Gasteiger partial charge on any atom is -0.370 e. The van der Waals surface area contributed by atoms with Crippen molar-refractivity contribution in [3.63, 3.8) is 0 Å². The maximum absolute atomic E-state index is 13.4. The SMILES string of the molecule is CCCC(C)Cc1c(-c2ccc(C)c(Cl)c2)c(C(=O)NCCC(N)=O)c(C)n1CCCOP(=O)(O)O. The Balaban J connectivity index is 2.62. The fourth-order valence-corrected chi connectivity index (χ4v) is 4.92. The van der Waals surface area contributed by atoms with Crippen LogP contribution in [0.2, 0.25) is 5.02 Å². The van der Waals surface area contributed by atoms with Gasteiger partial charge < -0.3 is 25.4 Å². The molecular formula is C25H37ClN3O6P. The van der Waals surface area contributed by atoms with Crippen molar-refractivity contribution < 1.29 is 28.5 Å². The lowest BCUT2D eigenvalue weighted by Gasteiger charge is -2.17. The zero-order valence-corrected chi connectivity index (χ0v) is 23.0. The van der Waals surface area contributed by atoms with E-state index < -0.39 is 13.7 Å². The van der Waals surface area contributed by atoms with Crippen LogP contribution in [0.25, 0.3) is 11.1 Å². The van der Waals surface area contributed by atoms with E-state index in [1.165, 1.54) is 0 Å². The van der Waals surface area contributed by atoms with Gasteiger partial charge in [0.2, 0.25) is 5.91 Å². The van der Waals surface area contributed by atoms with E-state index in [9.17, 15) is 14.2 Å². The third kappa shape index (κ3) is 8.46. The average Bonchev–Trinajstić information content (AvgIpc) is 3.03. The molecule has 1 aromatic carbocycles. The molecular weight excluding hydrogens is 505 g/mol. The first-order valence-electron chi connectivity index (χ1n) is 12.1. The molecule has 2 aromatic rings. The molecule has 0 radical (unpaired) electrons. The summed E-state index contributed by atoms with van der Waals surface area (Å²) in [7, 11) is -4.57. The van der Waals surface area contributed by atoms with E-state index in [1.54, 1.807) is 0 Å². The fraction of sp³-hybridized carbons (Fsp3) is 0.520. The first-order valence-corrected chi connectivity index (χ1v) is 14.0. The van der Waals surface area contributed by atoms with Crippen LogP contribution in [0.5, 0.6) is 0 Å². The van der Waals surface area contributed by atoms with Gasteiger partial charge in [-0.2, -0.15) is 0 Å². The van der Waals surface area contributed by atoms with E-state index in [-0.39, 0.29) is 25.5 Å². The predicted octanol–water partition coefficient (Wildman–Crippen LogP) is 4.51. The highest BCUT2D eigenvalue weighted by Gasteiger charge is 2.27. The number of hydrogen-bond donors (Lipinski definition) is 4. The molecule has 0 saturated carbocycles. The molecule has 0 saturated heterocycles. The summed E-state index contributed by atoms with van der Waals surface area (Å²) < 4.78 is 17.8. The summed E-state index contributed by atoms with van der Waals surface area (Å²) in [5.74, 6) is -0.496. The first kappa shape index (κ1) is 30.1. The molecule has 1 atom stereocenters. The molecule has 1 unspecified atom stereocenters. The number of nitrogens with two attached hydrogens (primary N) is 1. The Hall–Kier alpha value is -2.16. The van der Waals surface area contributed by atoms with Gasteiger partial charge in [-0.15, -0.1) is 0 Å². The number of rotatable bonds is 14. The second-order valence-electron chi connectivity index (χ2n) is 9.15. The van der Waals surface area contributed by atoms with Gasteiger partial charge in [0.25, 0.3) is 5.91 Å². The molecule has 0 fully saturated rings. The Kier molecular flexibility index (Phi) is 11.2. The first-order chi connectivity index (χ1) is 16.9. The second kappa shape index (κ2) is 13.4. The molecule has 0 bridgehead atoms. The molecule has 5 N–H and O–H groups in total. The molecule has 0 spiro atoms. The lowest BCUT2D eigenvalue weighted by atomic mass is 9.93. The van der Waals surface area contributed by atoms with E-state index in [1.807, 2.05) is 36.6 Å². The summed E-state index contributed by atoms with van der Waals surface area (Å²) in [6.07, 6.45) is 3.08. The van der Waals surface area contributed by atoms with Gasteiger partial charge in [0.15, 0.2) is 0 Å². The molecule has 36 heavy (non-hydrogen) atoms. The molecule has 0 aliphatic heterocycles. The summed E-state index contributed by atoms with van der Waals surface area (Å²) in [6, 6.07) is 5.69. The zero-order chi connectivity index (χ0) is 27.0. The number of primary amides is 1. The molecule has 0 aliphatic carbocycles.